The van der Waals surface area contributed by atoms with Crippen LogP contribution in [0.25, 0.3) is 11.1 Å². The molecule has 2 aromatic carbocycles. The molecule has 1 aliphatic carbocycles. The summed E-state index contributed by atoms with van der Waals surface area (Å²) in [6.45, 7) is 6.93. The van der Waals surface area contributed by atoms with Crippen LogP contribution in [0.5, 0.6) is 0 Å². The van der Waals surface area contributed by atoms with Crippen molar-refractivity contribution in [2.45, 2.75) is 57.2 Å². The highest BCUT2D eigenvalue weighted by Crippen LogP contribution is 2.44. The number of amides is 2. The second-order valence-electron chi connectivity index (χ2n) is 9.97. The second-order valence-corrected chi connectivity index (χ2v) is 9.97. The van der Waals surface area contributed by atoms with Crippen molar-refractivity contribution in [1.29, 1.82) is 0 Å². The number of piperidine rings is 2. The third-order valence-electron chi connectivity index (χ3n) is 6.73. The molecule has 3 saturated heterocycles. The van der Waals surface area contributed by atoms with E-state index in [1.807, 2.05) is 49.9 Å². The number of benzene rings is 2. The van der Waals surface area contributed by atoms with Crippen molar-refractivity contribution in [2.75, 3.05) is 19.7 Å². The van der Waals surface area contributed by atoms with Gasteiger partial charge in [-0.1, -0.05) is 48.5 Å². The molecule has 2 bridgehead atoms. The van der Waals surface area contributed by atoms with E-state index < -0.39 is 5.60 Å². The van der Waals surface area contributed by atoms with Gasteiger partial charge >= 0.3 is 12.2 Å². The van der Waals surface area contributed by atoms with Crippen molar-refractivity contribution >= 4 is 12.2 Å². The first-order valence-electron chi connectivity index (χ1n) is 11.4. The molecule has 3 aliphatic heterocycles. The number of carbonyl (C=O) groups is 2. The summed E-state index contributed by atoms with van der Waals surface area (Å²) in [5, 5.41) is 0. The van der Waals surface area contributed by atoms with Gasteiger partial charge in [-0.05, 0) is 55.9 Å². The highest BCUT2D eigenvalue weighted by atomic mass is 16.6. The van der Waals surface area contributed by atoms with Crippen LogP contribution in [-0.2, 0) is 9.47 Å². The van der Waals surface area contributed by atoms with E-state index in [1.165, 1.54) is 22.3 Å². The van der Waals surface area contributed by atoms with Gasteiger partial charge in [0.1, 0.15) is 12.2 Å². The van der Waals surface area contributed by atoms with Gasteiger partial charge in [0, 0.05) is 19.0 Å². The topological polar surface area (TPSA) is 59.1 Å². The highest BCUT2D eigenvalue weighted by molar-refractivity contribution is 5.79. The number of fused-ring (bicyclic) bond motifs is 6. The van der Waals surface area contributed by atoms with E-state index >= 15 is 0 Å². The average molecular weight is 435 g/mol. The molecule has 2 atom stereocenters. The fraction of sp³-hybridized carbons (Fsp3) is 0.462. The minimum absolute atomic E-state index is 0.0182. The molecule has 32 heavy (non-hydrogen) atoms. The van der Waals surface area contributed by atoms with E-state index in [4.69, 9.17) is 9.47 Å². The molecule has 6 nitrogen and oxygen atoms in total. The van der Waals surface area contributed by atoms with Crippen molar-refractivity contribution in [1.82, 2.24) is 9.80 Å². The van der Waals surface area contributed by atoms with Crippen molar-refractivity contribution < 1.29 is 19.1 Å². The summed E-state index contributed by atoms with van der Waals surface area (Å²) in [7, 11) is 0. The second kappa shape index (κ2) is 7.84. The van der Waals surface area contributed by atoms with Crippen molar-refractivity contribution in [3.8, 4) is 11.1 Å². The van der Waals surface area contributed by atoms with Gasteiger partial charge in [-0.2, -0.15) is 0 Å². The monoisotopic (exact) mass is 434 g/mol. The van der Waals surface area contributed by atoms with Crippen LogP contribution in [0.4, 0.5) is 9.59 Å². The van der Waals surface area contributed by atoms with Gasteiger partial charge in [-0.15, -0.1) is 0 Å². The number of hydrogen-bond acceptors (Lipinski definition) is 4. The molecule has 0 spiro atoms. The number of piperazine rings is 1. The molecule has 6 heteroatoms. The Labute approximate surface area is 189 Å². The Morgan fingerprint density at radius 3 is 1.84 bits per heavy atom. The van der Waals surface area contributed by atoms with Crippen LogP contribution in [0.15, 0.2) is 48.5 Å². The fourth-order valence-corrected chi connectivity index (χ4v) is 5.27. The Hall–Kier alpha value is -3.02. The number of nitrogens with zero attached hydrogens (tertiary/aromatic N) is 2. The zero-order valence-corrected chi connectivity index (χ0v) is 18.9. The quantitative estimate of drug-likeness (QED) is 0.666. The Morgan fingerprint density at radius 2 is 1.34 bits per heavy atom. The van der Waals surface area contributed by atoms with E-state index in [-0.39, 0.29) is 30.2 Å². The third-order valence-corrected chi connectivity index (χ3v) is 6.73. The summed E-state index contributed by atoms with van der Waals surface area (Å²) < 4.78 is 11.4. The lowest BCUT2D eigenvalue weighted by Crippen LogP contribution is -2.65. The summed E-state index contributed by atoms with van der Waals surface area (Å²) in [6.07, 6.45) is 1.19. The van der Waals surface area contributed by atoms with Gasteiger partial charge in [0.2, 0.25) is 0 Å². The molecular formula is C26H30N2O4. The first-order valence-corrected chi connectivity index (χ1v) is 11.4. The van der Waals surface area contributed by atoms with Crippen LogP contribution in [0.1, 0.15) is 50.7 Å². The predicted octanol–water partition coefficient (Wildman–Crippen LogP) is 5.02. The van der Waals surface area contributed by atoms with Crippen LogP contribution in [0.2, 0.25) is 0 Å². The molecule has 4 aliphatic rings. The van der Waals surface area contributed by atoms with Crippen molar-refractivity contribution in [2.24, 2.45) is 0 Å². The molecule has 0 aromatic heterocycles. The summed E-state index contributed by atoms with van der Waals surface area (Å²) >= 11 is 0. The van der Waals surface area contributed by atoms with Crippen molar-refractivity contribution in [3.63, 3.8) is 0 Å². The standard InChI is InChI=1S/C26H30N2O4/c1-26(2,3)32-25(30)28-15-17-12-13-18(28)14-27(17)24(29)31-16-23-21-10-6-4-8-19(21)20-9-5-7-11-22(20)23/h4-11,17-18,23H,12-16H2,1-3H3/t17-,18-/m0/s1. The van der Waals surface area contributed by atoms with Gasteiger partial charge in [-0.25, -0.2) is 9.59 Å². The summed E-state index contributed by atoms with van der Waals surface area (Å²) in [5.74, 6) is 0.0478. The first-order chi connectivity index (χ1) is 15.3. The molecule has 3 heterocycles. The lowest BCUT2D eigenvalue weighted by atomic mass is 9.91. The number of carbonyl (C=O) groups excluding carboxylic acids is 2. The predicted molar refractivity (Wildman–Crippen MR) is 122 cm³/mol. The molecule has 3 fully saturated rings. The smallest absolute Gasteiger partial charge is 0.410 e. The van der Waals surface area contributed by atoms with E-state index in [0.717, 1.165) is 12.8 Å². The molecule has 0 radical (unpaired) electrons. The van der Waals surface area contributed by atoms with E-state index in [1.54, 1.807) is 4.90 Å². The minimum atomic E-state index is -0.528. The molecular weight excluding hydrogens is 404 g/mol. The number of ether oxygens (including phenoxy) is 2. The first kappa shape index (κ1) is 20.9. The van der Waals surface area contributed by atoms with Crippen LogP contribution in [0, 0.1) is 0 Å². The van der Waals surface area contributed by atoms with Gasteiger partial charge in [0.05, 0.1) is 12.1 Å². The van der Waals surface area contributed by atoms with Gasteiger partial charge in [0.25, 0.3) is 0 Å². The molecule has 168 valence electrons. The maximum atomic E-state index is 13.0. The Bertz CT molecular complexity index is 999. The van der Waals surface area contributed by atoms with Crippen LogP contribution >= 0.6 is 0 Å². The largest absolute Gasteiger partial charge is 0.448 e. The lowest BCUT2D eigenvalue weighted by Gasteiger charge is -2.50. The number of hydrogen-bond donors (Lipinski definition) is 0. The molecule has 2 aromatic rings. The SMILES string of the molecule is CC(C)(C)OC(=O)N1C[C@@H]2CC[C@H]1CN2C(=O)OCC1c2ccccc2-c2ccccc21. The summed E-state index contributed by atoms with van der Waals surface area (Å²) in [5.41, 5.74) is 4.32. The molecule has 0 saturated carbocycles. The Morgan fingerprint density at radius 1 is 0.844 bits per heavy atom. The summed E-state index contributed by atoms with van der Waals surface area (Å²) in [6, 6.07) is 16.6. The van der Waals surface area contributed by atoms with Crippen LogP contribution in [-0.4, -0.2) is 59.4 Å². The molecule has 0 N–H and O–H groups in total. The van der Waals surface area contributed by atoms with Crippen LogP contribution < -0.4 is 0 Å². The van der Waals surface area contributed by atoms with Gasteiger partial charge < -0.3 is 19.3 Å². The van der Waals surface area contributed by atoms with Gasteiger partial charge in [0.15, 0.2) is 0 Å². The van der Waals surface area contributed by atoms with E-state index in [0.29, 0.717) is 19.7 Å². The fourth-order valence-electron chi connectivity index (χ4n) is 5.27. The van der Waals surface area contributed by atoms with Crippen LogP contribution in [0.3, 0.4) is 0 Å². The number of rotatable bonds is 2. The molecule has 6 rings (SSSR count). The summed E-state index contributed by atoms with van der Waals surface area (Å²) in [4.78, 5) is 29.2. The van der Waals surface area contributed by atoms with Crippen molar-refractivity contribution in [3.05, 3.63) is 59.7 Å². The average Bonchev–Trinajstić information content (AvgIpc) is 3.10. The maximum Gasteiger partial charge on any atom is 0.410 e. The minimum Gasteiger partial charge on any atom is -0.448 e. The maximum absolute atomic E-state index is 13.0. The lowest BCUT2D eigenvalue weighted by molar-refractivity contribution is -0.0393. The zero-order chi connectivity index (χ0) is 22.5. The Balaban J connectivity index is 1.25. The Kier molecular flexibility index (Phi) is 5.11. The zero-order valence-electron chi connectivity index (χ0n) is 18.9. The van der Waals surface area contributed by atoms with E-state index in [2.05, 4.69) is 24.3 Å². The van der Waals surface area contributed by atoms with Gasteiger partial charge in [-0.3, -0.25) is 0 Å². The van der Waals surface area contributed by atoms with E-state index in [9.17, 15) is 9.59 Å². The molecule has 0 unspecified atom stereocenters. The molecule has 2 amide bonds. The third kappa shape index (κ3) is 3.72. The normalized spacial score (nSPS) is 21.8. The highest BCUT2D eigenvalue weighted by Gasteiger charge is 2.45.